The van der Waals surface area contributed by atoms with E-state index in [9.17, 15) is 14.7 Å². The van der Waals surface area contributed by atoms with Gasteiger partial charge in [0.2, 0.25) is 0 Å². The highest BCUT2D eigenvalue weighted by molar-refractivity contribution is 5.93. The Morgan fingerprint density at radius 2 is 1.90 bits per heavy atom. The molecule has 0 amide bonds. The Hall–Kier alpha value is -2.57. The molecular formula is C14H19N3O4. The van der Waals surface area contributed by atoms with Crippen molar-refractivity contribution in [2.75, 3.05) is 0 Å². The lowest BCUT2D eigenvalue weighted by Crippen LogP contribution is -2.41. The fourth-order valence-corrected chi connectivity index (χ4v) is 1.72. The van der Waals surface area contributed by atoms with Crippen LogP contribution in [0.3, 0.4) is 0 Å². The number of carboxylic acids is 1. The first kappa shape index (κ1) is 16.5. The van der Waals surface area contributed by atoms with Gasteiger partial charge in [-0.1, -0.05) is 18.2 Å². The average molecular weight is 293 g/mol. The van der Waals surface area contributed by atoms with Crippen LogP contribution in [0, 0.1) is 5.41 Å². The topological polar surface area (TPSA) is 126 Å². The van der Waals surface area contributed by atoms with Gasteiger partial charge in [0.05, 0.1) is 5.56 Å². The zero-order valence-corrected chi connectivity index (χ0v) is 12.1. The number of nitrogens with one attached hydrogen (secondary N) is 2. The minimum Gasteiger partial charge on any atom is -0.478 e. The predicted molar refractivity (Wildman–Crippen MR) is 77.0 cm³/mol. The molecule has 0 aromatic heterocycles. The van der Waals surface area contributed by atoms with E-state index in [2.05, 4.69) is 5.32 Å². The predicted octanol–water partition coefficient (Wildman–Crippen LogP) is 1.25. The standard InChI is InChI=1S/C14H19N3O4/c1-14(2,3)21-12(20)10(17-13(15)16)8-6-4-5-7-9(8)11(18)19/h4-7,10H,1-3H3,(H,18,19)(H4,15,16,17). The average Bonchev–Trinajstić information content (AvgIpc) is 2.33. The molecule has 0 spiro atoms. The lowest BCUT2D eigenvalue weighted by Gasteiger charge is -2.25. The summed E-state index contributed by atoms with van der Waals surface area (Å²) in [6.07, 6.45) is 0. The van der Waals surface area contributed by atoms with Crippen LogP contribution in [0.1, 0.15) is 42.7 Å². The molecule has 5 N–H and O–H groups in total. The quantitative estimate of drug-likeness (QED) is 0.376. The van der Waals surface area contributed by atoms with Crippen LogP contribution in [0.4, 0.5) is 0 Å². The van der Waals surface area contributed by atoms with E-state index in [1.807, 2.05) is 0 Å². The molecule has 1 aromatic carbocycles. The number of guanidine groups is 1. The minimum atomic E-state index is -1.18. The Kier molecular flexibility index (Phi) is 4.91. The maximum absolute atomic E-state index is 12.2. The Morgan fingerprint density at radius 3 is 2.38 bits per heavy atom. The Balaban J connectivity index is 3.23. The van der Waals surface area contributed by atoms with Gasteiger partial charge in [-0.2, -0.15) is 0 Å². The third-order valence-corrected chi connectivity index (χ3v) is 2.44. The van der Waals surface area contributed by atoms with Crippen molar-refractivity contribution in [1.82, 2.24) is 5.32 Å². The molecule has 0 aliphatic rings. The Morgan fingerprint density at radius 1 is 1.33 bits per heavy atom. The van der Waals surface area contributed by atoms with Gasteiger partial charge in [0.1, 0.15) is 5.60 Å². The lowest BCUT2D eigenvalue weighted by molar-refractivity contribution is -0.157. The van der Waals surface area contributed by atoms with Gasteiger partial charge < -0.3 is 20.9 Å². The summed E-state index contributed by atoms with van der Waals surface area (Å²) in [5.74, 6) is -2.33. The monoisotopic (exact) mass is 293 g/mol. The van der Waals surface area contributed by atoms with Crippen LogP contribution in [0.2, 0.25) is 0 Å². The molecule has 0 saturated carbocycles. The second kappa shape index (κ2) is 6.25. The summed E-state index contributed by atoms with van der Waals surface area (Å²) in [5.41, 5.74) is 4.67. The normalized spacial score (nSPS) is 12.3. The lowest BCUT2D eigenvalue weighted by atomic mass is 10.00. The summed E-state index contributed by atoms with van der Waals surface area (Å²) >= 11 is 0. The van der Waals surface area contributed by atoms with Gasteiger partial charge >= 0.3 is 11.9 Å². The van der Waals surface area contributed by atoms with E-state index in [1.54, 1.807) is 32.9 Å². The van der Waals surface area contributed by atoms with Crippen LogP contribution in [0.15, 0.2) is 24.3 Å². The number of benzene rings is 1. The molecule has 0 aliphatic heterocycles. The maximum atomic E-state index is 12.2. The Bertz CT molecular complexity index is 564. The largest absolute Gasteiger partial charge is 0.478 e. The summed E-state index contributed by atoms with van der Waals surface area (Å²) in [4.78, 5) is 23.5. The van der Waals surface area contributed by atoms with E-state index in [0.717, 1.165) is 0 Å². The van der Waals surface area contributed by atoms with E-state index >= 15 is 0 Å². The summed E-state index contributed by atoms with van der Waals surface area (Å²) in [6.45, 7) is 5.08. The molecule has 0 saturated heterocycles. The zero-order valence-electron chi connectivity index (χ0n) is 12.1. The molecule has 1 rings (SSSR count). The second-order valence-corrected chi connectivity index (χ2v) is 5.42. The maximum Gasteiger partial charge on any atom is 0.336 e. The second-order valence-electron chi connectivity index (χ2n) is 5.42. The van der Waals surface area contributed by atoms with Gasteiger partial charge in [-0.05, 0) is 26.8 Å². The third-order valence-electron chi connectivity index (χ3n) is 2.44. The van der Waals surface area contributed by atoms with Crippen LogP contribution in [0.25, 0.3) is 0 Å². The van der Waals surface area contributed by atoms with Gasteiger partial charge in [0, 0.05) is 5.56 Å². The number of carboxylic acid groups (broad SMARTS) is 1. The van der Waals surface area contributed by atoms with Crippen molar-refractivity contribution in [1.29, 1.82) is 5.41 Å². The molecule has 7 heteroatoms. The number of nitrogens with two attached hydrogens (primary N) is 1. The summed E-state index contributed by atoms with van der Waals surface area (Å²) in [7, 11) is 0. The van der Waals surface area contributed by atoms with E-state index in [1.165, 1.54) is 12.1 Å². The number of ether oxygens (including phenoxy) is 1. The van der Waals surface area contributed by atoms with Gasteiger partial charge in [0.15, 0.2) is 12.0 Å². The fourth-order valence-electron chi connectivity index (χ4n) is 1.72. The van der Waals surface area contributed by atoms with Gasteiger partial charge in [-0.15, -0.1) is 0 Å². The van der Waals surface area contributed by atoms with Gasteiger partial charge in [-0.25, -0.2) is 9.59 Å². The van der Waals surface area contributed by atoms with Crippen molar-refractivity contribution in [3.63, 3.8) is 0 Å². The van der Waals surface area contributed by atoms with Crippen molar-refractivity contribution in [3.8, 4) is 0 Å². The summed E-state index contributed by atoms with van der Waals surface area (Å²) in [6, 6.07) is 4.84. The molecule has 21 heavy (non-hydrogen) atoms. The highest BCUT2D eigenvalue weighted by atomic mass is 16.6. The molecule has 1 atom stereocenters. The van der Waals surface area contributed by atoms with E-state index in [0.29, 0.717) is 0 Å². The van der Waals surface area contributed by atoms with Gasteiger partial charge in [-0.3, -0.25) is 5.41 Å². The number of carbonyl (C=O) groups is 2. The van der Waals surface area contributed by atoms with Crippen molar-refractivity contribution < 1.29 is 19.4 Å². The third kappa shape index (κ3) is 4.79. The molecular weight excluding hydrogens is 274 g/mol. The SMILES string of the molecule is CC(C)(C)OC(=O)C(NC(=N)N)c1ccccc1C(=O)O. The molecule has 0 aliphatic carbocycles. The molecule has 0 bridgehead atoms. The highest BCUT2D eigenvalue weighted by Crippen LogP contribution is 2.22. The first-order chi connectivity index (χ1) is 9.61. The van der Waals surface area contributed by atoms with Crippen LogP contribution in [-0.4, -0.2) is 28.6 Å². The van der Waals surface area contributed by atoms with Gasteiger partial charge in [0.25, 0.3) is 0 Å². The molecule has 0 fully saturated rings. The van der Waals surface area contributed by atoms with Crippen LogP contribution in [-0.2, 0) is 9.53 Å². The van der Waals surface area contributed by atoms with E-state index in [-0.39, 0.29) is 11.1 Å². The van der Waals surface area contributed by atoms with Crippen molar-refractivity contribution in [3.05, 3.63) is 35.4 Å². The van der Waals surface area contributed by atoms with Crippen LogP contribution in [0.5, 0.6) is 0 Å². The Labute approximate surface area is 122 Å². The number of aromatic carboxylic acids is 1. The van der Waals surface area contributed by atoms with Crippen molar-refractivity contribution >= 4 is 17.9 Å². The first-order valence-corrected chi connectivity index (χ1v) is 6.27. The number of hydrogen-bond acceptors (Lipinski definition) is 4. The molecule has 0 heterocycles. The van der Waals surface area contributed by atoms with Crippen molar-refractivity contribution in [2.24, 2.45) is 5.73 Å². The smallest absolute Gasteiger partial charge is 0.336 e. The number of carbonyl (C=O) groups excluding carboxylic acids is 1. The number of hydrogen-bond donors (Lipinski definition) is 4. The van der Waals surface area contributed by atoms with Crippen molar-refractivity contribution in [2.45, 2.75) is 32.4 Å². The number of esters is 1. The first-order valence-electron chi connectivity index (χ1n) is 6.27. The minimum absolute atomic E-state index is 0.0536. The zero-order chi connectivity index (χ0) is 16.2. The molecule has 1 aromatic rings. The summed E-state index contributed by atoms with van der Waals surface area (Å²) < 4.78 is 5.24. The number of rotatable bonds is 4. The molecule has 114 valence electrons. The van der Waals surface area contributed by atoms with Crippen LogP contribution < -0.4 is 11.1 Å². The van der Waals surface area contributed by atoms with Crippen LogP contribution >= 0.6 is 0 Å². The molecule has 7 nitrogen and oxygen atoms in total. The van der Waals surface area contributed by atoms with E-state index < -0.39 is 29.5 Å². The molecule has 1 unspecified atom stereocenters. The molecule has 0 radical (unpaired) electrons. The fraction of sp³-hybridized carbons (Fsp3) is 0.357. The highest BCUT2D eigenvalue weighted by Gasteiger charge is 2.30. The van der Waals surface area contributed by atoms with E-state index in [4.69, 9.17) is 15.9 Å². The summed E-state index contributed by atoms with van der Waals surface area (Å²) in [5, 5.41) is 18.9.